The second-order valence-electron chi connectivity index (χ2n) is 7.17. The highest BCUT2D eigenvalue weighted by atomic mass is 16.2. The lowest BCUT2D eigenvalue weighted by atomic mass is 10.0. The van der Waals surface area contributed by atoms with E-state index in [1.807, 2.05) is 36.3 Å². The molecule has 2 aliphatic rings. The minimum Gasteiger partial charge on any atom is -0.348 e. The summed E-state index contributed by atoms with van der Waals surface area (Å²) in [6.45, 7) is 2.64. The molecular weight excluding hydrogens is 314 g/mol. The molecule has 6 heteroatoms. The van der Waals surface area contributed by atoms with Crippen LogP contribution in [-0.4, -0.2) is 38.2 Å². The second kappa shape index (κ2) is 6.96. The first-order valence-corrected chi connectivity index (χ1v) is 9.17. The number of amides is 1. The summed E-state index contributed by atoms with van der Waals surface area (Å²) in [5.41, 5.74) is 4.16. The lowest BCUT2D eigenvalue weighted by Crippen LogP contribution is -2.35. The molecule has 0 bridgehead atoms. The van der Waals surface area contributed by atoms with E-state index in [1.54, 1.807) is 0 Å². The number of aromatic nitrogens is 3. The molecule has 6 nitrogen and oxygen atoms in total. The molecule has 0 radical (unpaired) electrons. The van der Waals surface area contributed by atoms with Crippen LogP contribution in [0.4, 0.5) is 0 Å². The highest BCUT2D eigenvalue weighted by Crippen LogP contribution is 2.24. The van der Waals surface area contributed by atoms with Crippen molar-refractivity contribution < 1.29 is 4.79 Å². The molecule has 0 unspecified atom stereocenters. The molecular formula is C19H25N5O. The van der Waals surface area contributed by atoms with Crippen LogP contribution >= 0.6 is 0 Å². The molecule has 1 N–H and O–H groups in total. The van der Waals surface area contributed by atoms with Crippen LogP contribution in [0, 0.1) is 0 Å². The van der Waals surface area contributed by atoms with E-state index in [0.717, 1.165) is 44.5 Å². The van der Waals surface area contributed by atoms with Crippen molar-refractivity contribution in [2.24, 2.45) is 7.05 Å². The summed E-state index contributed by atoms with van der Waals surface area (Å²) in [5.74, 6) is -0.00508. The zero-order chi connectivity index (χ0) is 17.2. The Hall–Kier alpha value is -2.21. The molecule has 4 rings (SSSR count). The fourth-order valence-electron chi connectivity index (χ4n) is 4.04. The number of pyridine rings is 1. The third-order valence-corrected chi connectivity index (χ3v) is 5.38. The molecule has 0 spiro atoms. The van der Waals surface area contributed by atoms with Gasteiger partial charge in [-0.15, -0.1) is 0 Å². The van der Waals surface area contributed by atoms with Gasteiger partial charge in [-0.25, -0.2) is 0 Å². The van der Waals surface area contributed by atoms with Crippen molar-refractivity contribution in [1.29, 1.82) is 0 Å². The van der Waals surface area contributed by atoms with Crippen molar-refractivity contribution in [2.75, 3.05) is 6.54 Å². The Balaban J connectivity index is 1.51. The number of nitrogens with one attached hydrogen (secondary N) is 1. The molecule has 0 atom stereocenters. The number of nitrogens with zero attached hydrogens (tertiary/aromatic N) is 4. The zero-order valence-electron chi connectivity index (χ0n) is 14.7. The maximum absolute atomic E-state index is 12.7. The summed E-state index contributed by atoms with van der Waals surface area (Å²) in [7, 11) is 1.95. The van der Waals surface area contributed by atoms with Crippen LogP contribution in [0.15, 0.2) is 24.5 Å². The van der Waals surface area contributed by atoms with Gasteiger partial charge in [-0.1, -0.05) is 12.8 Å². The fraction of sp³-hybridized carbons (Fsp3) is 0.526. The first-order chi connectivity index (χ1) is 12.2. The molecule has 1 aliphatic heterocycles. The fourth-order valence-corrected chi connectivity index (χ4v) is 4.04. The van der Waals surface area contributed by atoms with Gasteiger partial charge in [0.25, 0.3) is 5.91 Å². The summed E-state index contributed by atoms with van der Waals surface area (Å²) in [6, 6.07) is 4.42. The average Bonchev–Trinajstić information content (AvgIpc) is 3.24. The van der Waals surface area contributed by atoms with Gasteiger partial charge in [-0.2, -0.15) is 5.10 Å². The number of fused-ring (bicyclic) bond motifs is 1. The van der Waals surface area contributed by atoms with Gasteiger partial charge < -0.3 is 5.32 Å². The molecule has 0 aromatic carbocycles. The van der Waals surface area contributed by atoms with Crippen LogP contribution in [-0.2, 0) is 26.6 Å². The first-order valence-electron chi connectivity index (χ1n) is 9.17. The van der Waals surface area contributed by atoms with Crippen molar-refractivity contribution in [2.45, 2.75) is 51.2 Å². The summed E-state index contributed by atoms with van der Waals surface area (Å²) in [6.07, 6.45) is 9.20. The van der Waals surface area contributed by atoms with Gasteiger partial charge in [0.15, 0.2) is 5.69 Å². The lowest BCUT2D eigenvalue weighted by Gasteiger charge is -2.27. The van der Waals surface area contributed by atoms with Gasteiger partial charge in [-0.3, -0.25) is 19.4 Å². The van der Waals surface area contributed by atoms with E-state index in [2.05, 4.69) is 20.3 Å². The highest BCUT2D eigenvalue weighted by Gasteiger charge is 2.28. The zero-order valence-corrected chi connectivity index (χ0v) is 14.7. The van der Waals surface area contributed by atoms with Crippen LogP contribution < -0.4 is 5.32 Å². The normalized spacial score (nSPS) is 18.3. The average molecular weight is 339 g/mol. The van der Waals surface area contributed by atoms with Crippen molar-refractivity contribution in [1.82, 2.24) is 25.0 Å². The van der Waals surface area contributed by atoms with Crippen molar-refractivity contribution >= 4 is 5.91 Å². The van der Waals surface area contributed by atoms with Gasteiger partial charge >= 0.3 is 0 Å². The van der Waals surface area contributed by atoms with Crippen molar-refractivity contribution in [3.8, 4) is 0 Å². The number of hydrogen-bond acceptors (Lipinski definition) is 4. The topological polar surface area (TPSA) is 63.1 Å². The van der Waals surface area contributed by atoms with E-state index in [9.17, 15) is 4.79 Å². The van der Waals surface area contributed by atoms with E-state index in [0.29, 0.717) is 11.7 Å². The Morgan fingerprint density at radius 3 is 2.80 bits per heavy atom. The largest absolute Gasteiger partial charge is 0.348 e. The number of hydrogen-bond donors (Lipinski definition) is 1. The van der Waals surface area contributed by atoms with Gasteiger partial charge in [0.05, 0.1) is 0 Å². The van der Waals surface area contributed by atoms with Gasteiger partial charge in [-0.05, 0) is 30.5 Å². The van der Waals surface area contributed by atoms with Crippen molar-refractivity contribution in [3.05, 3.63) is 47.0 Å². The van der Waals surface area contributed by atoms with Crippen LogP contribution in [0.2, 0.25) is 0 Å². The summed E-state index contributed by atoms with van der Waals surface area (Å²) in [4.78, 5) is 19.2. The Labute approximate surface area is 148 Å². The third-order valence-electron chi connectivity index (χ3n) is 5.38. The molecule has 1 fully saturated rings. The van der Waals surface area contributed by atoms with Crippen LogP contribution in [0.5, 0.6) is 0 Å². The number of rotatable bonds is 4. The molecule has 25 heavy (non-hydrogen) atoms. The maximum atomic E-state index is 12.7. The summed E-state index contributed by atoms with van der Waals surface area (Å²) < 4.78 is 1.89. The third kappa shape index (κ3) is 3.44. The van der Waals surface area contributed by atoms with Gasteiger partial charge in [0, 0.05) is 62.8 Å². The molecule has 2 aromatic rings. The summed E-state index contributed by atoms with van der Waals surface area (Å²) >= 11 is 0. The van der Waals surface area contributed by atoms with Crippen LogP contribution in [0.1, 0.15) is 53.0 Å². The maximum Gasteiger partial charge on any atom is 0.272 e. The Morgan fingerprint density at radius 1 is 1.28 bits per heavy atom. The van der Waals surface area contributed by atoms with E-state index >= 15 is 0 Å². The SMILES string of the molecule is Cn1nc(C(=O)NC2CCCC2)c2c1CCN(Cc1ccncc1)C2. The van der Waals surface area contributed by atoms with Crippen LogP contribution in [0.3, 0.4) is 0 Å². The Bertz CT molecular complexity index is 749. The molecule has 3 heterocycles. The lowest BCUT2D eigenvalue weighted by molar-refractivity contribution is 0.0929. The standard InChI is InChI=1S/C19H25N5O/c1-23-17-8-11-24(12-14-6-9-20-10-7-14)13-16(17)18(22-23)19(25)21-15-4-2-3-5-15/h6-7,9-10,15H,2-5,8,11-13H2,1H3,(H,21,25). The first kappa shape index (κ1) is 16.3. The van der Waals surface area contributed by atoms with Crippen molar-refractivity contribution in [3.63, 3.8) is 0 Å². The monoisotopic (exact) mass is 339 g/mol. The highest BCUT2D eigenvalue weighted by molar-refractivity contribution is 5.94. The molecule has 0 saturated heterocycles. The molecule has 1 aliphatic carbocycles. The van der Waals surface area contributed by atoms with Gasteiger partial charge in [0.1, 0.15) is 0 Å². The smallest absolute Gasteiger partial charge is 0.272 e. The number of aryl methyl sites for hydroxylation is 1. The molecule has 1 saturated carbocycles. The van der Waals surface area contributed by atoms with Gasteiger partial charge in [0.2, 0.25) is 0 Å². The van der Waals surface area contributed by atoms with E-state index in [1.165, 1.54) is 24.1 Å². The van der Waals surface area contributed by atoms with E-state index < -0.39 is 0 Å². The Morgan fingerprint density at radius 2 is 2.04 bits per heavy atom. The quantitative estimate of drug-likeness (QED) is 0.926. The summed E-state index contributed by atoms with van der Waals surface area (Å²) in [5, 5.41) is 7.73. The Kier molecular flexibility index (Phi) is 4.53. The van der Waals surface area contributed by atoms with E-state index in [-0.39, 0.29) is 5.91 Å². The minimum atomic E-state index is -0.00508. The van der Waals surface area contributed by atoms with Crippen LogP contribution in [0.25, 0.3) is 0 Å². The minimum absolute atomic E-state index is 0.00508. The predicted molar refractivity (Wildman–Crippen MR) is 95.0 cm³/mol. The molecule has 132 valence electrons. The predicted octanol–water partition coefficient (Wildman–Crippen LogP) is 2.05. The number of carbonyl (C=O) groups excluding carboxylic acids is 1. The molecule has 2 aromatic heterocycles. The van der Waals surface area contributed by atoms with E-state index in [4.69, 9.17) is 0 Å². The number of carbonyl (C=O) groups is 1. The molecule has 1 amide bonds. The second-order valence-corrected chi connectivity index (χ2v) is 7.17.